The summed E-state index contributed by atoms with van der Waals surface area (Å²) in [5.41, 5.74) is 5.43. The van der Waals surface area contributed by atoms with Gasteiger partial charge in [0.2, 0.25) is 0 Å². The fraction of sp³-hybridized carbons (Fsp3) is 0.333. The number of amides is 1. The van der Waals surface area contributed by atoms with Crippen molar-refractivity contribution in [3.63, 3.8) is 0 Å². The van der Waals surface area contributed by atoms with Crippen molar-refractivity contribution < 1.29 is 23.7 Å². The molecule has 2 aromatic carbocycles. The average molecular weight is 386 g/mol. The van der Waals surface area contributed by atoms with Crippen molar-refractivity contribution in [2.24, 2.45) is 5.10 Å². The minimum atomic E-state index is -0.633. The van der Waals surface area contributed by atoms with Gasteiger partial charge in [-0.2, -0.15) is 5.10 Å². The van der Waals surface area contributed by atoms with E-state index in [2.05, 4.69) is 35.2 Å². The second-order valence-corrected chi connectivity index (χ2v) is 6.07. The highest BCUT2D eigenvalue weighted by molar-refractivity contribution is 5.82. The molecule has 0 radical (unpaired) electrons. The first kappa shape index (κ1) is 21.1. The zero-order chi connectivity index (χ0) is 20.4. The molecule has 0 saturated heterocycles. The molecule has 1 amide bonds. The number of methoxy groups -OCH3 is 2. The van der Waals surface area contributed by atoms with Crippen molar-refractivity contribution in [1.29, 1.82) is 0 Å². The zero-order valence-electron chi connectivity index (χ0n) is 16.7. The summed E-state index contributed by atoms with van der Waals surface area (Å²) in [6.07, 6.45) is 1.59. The molecule has 0 unspecified atom stereocenters. The highest BCUT2D eigenvalue weighted by Crippen LogP contribution is 2.27. The van der Waals surface area contributed by atoms with Crippen molar-refractivity contribution >= 4 is 12.3 Å². The molecule has 0 spiro atoms. The third-order valence-electron chi connectivity index (χ3n) is 4.04. The number of hydrazone groups is 1. The van der Waals surface area contributed by atoms with Gasteiger partial charge in [-0.1, -0.05) is 6.07 Å². The molecule has 0 saturated carbocycles. The first-order chi connectivity index (χ1) is 13.5. The predicted molar refractivity (Wildman–Crippen MR) is 108 cm³/mol. The highest BCUT2D eigenvalue weighted by Gasteiger charge is 2.06. The van der Waals surface area contributed by atoms with E-state index in [1.807, 2.05) is 18.2 Å². The van der Waals surface area contributed by atoms with Crippen LogP contribution < -0.4 is 19.6 Å². The first-order valence-corrected chi connectivity index (χ1v) is 8.91. The molecule has 2 aromatic rings. The SMILES string of the molecule is COC(=O)N/N=C/c1ccc(OCCCOc2ccc(C)c(C)c2)c(OC)c1. The number of aryl methyl sites for hydroxylation is 2. The number of rotatable bonds is 9. The summed E-state index contributed by atoms with van der Waals surface area (Å²) in [7, 11) is 2.84. The summed E-state index contributed by atoms with van der Waals surface area (Å²) in [6.45, 7) is 5.21. The van der Waals surface area contributed by atoms with Crippen molar-refractivity contribution in [2.75, 3.05) is 27.4 Å². The van der Waals surface area contributed by atoms with Crippen LogP contribution in [0.15, 0.2) is 41.5 Å². The predicted octanol–water partition coefficient (Wildman–Crippen LogP) is 3.85. The Morgan fingerprint density at radius 3 is 2.50 bits per heavy atom. The van der Waals surface area contributed by atoms with Crippen LogP contribution in [0.25, 0.3) is 0 Å². The van der Waals surface area contributed by atoms with Crippen LogP contribution in [0.3, 0.4) is 0 Å². The van der Waals surface area contributed by atoms with Gasteiger partial charge in [0.25, 0.3) is 0 Å². The summed E-state index contributed by atoms with van der Waals surface area (Å²) in [5.74, 6) is 2.08. The number of hydrogen-bond acceptors (Lipinski definition) is 6. The van der Waals surface area contributed by atoms with E-state index in [-0.39, 0.29) is 0 Å². The van der Waals surface area contributed by atoms with E-state index in [1.54, 1.807) is 19.2 Å². The molecule has 1 N–H and O–H groups in total. The Hall–Kier alpha value is -3.22. The lowest BCUT2D eigenvalue weighted by Gasteiger charge is -2.12. The second kappa shape index (κ2) is 10.8. The summed E-state index contributed by atoms with van der Waals surface area (Å²) in [5, 5.41) is 3.78. The summed E-state index contributed by atoms with van der Waals surface area (Å²) < 4.78 is 21.3. The first-order valence-electron chi connectivity index (χ1n) is 8.91. The summed E-state index contributed by atoms with van der Waals surface area (Å²) in [6, 6.07) is 11.4. The molecule has 2 rings (SSSR count). The number of carbonyl (C=O) groups is 1. The largest absolute Gasteiger partial charge is 0.493 e. The standard InChI is InChI=1S/C21H26N2O5/c1-15-6-8-18(12-16(15)2)27-10-5-11-28-19-9-7-17(13-20(19)25-3)14-22-23-21(24)26-4/h6-9,12-14H,5,10-11H2,1-4H3,(H,23,24)/b22-14+. The molecule has 7 heteroatoms. The molecule has 0 aliphatic rings. The number of nitrogens with zero attached hydrogens (tertiary/aromatic N) is 1. The van der Waals surface area contributed by atoms with Crippen LogP contribution in [0.1, 0.15) is 23.1 Å². The topological polar surface area (TPSA) is 78.4 Å². The van der Waals surface area contributed by atoms with E-state index in [0.29, 0.717) is 24.7 Å². The molecule has 0 aromatic heterocycles. The summed E-state index contributed by atoms with van der Waals surface area (Å²) >= 11 is 0. The molecule has 28 heavy (non-hydrogen) atoms. The van der Waals surface area contributed by atoms with E-state index in [0.717, 1.165) is 17.7 Å². The number of ether oxygens (including phenoxy) is 4. The lowest BCUT2D eigenvalue weighted by Crippen LogP contribution is -2.16. The molecule has 0 atom stereocenters. The molecular weight excluding hydrogens is 360 g/mol. The lowest BCUT2D eigenvalue weighted by atomic mass is 10.1. The van der Waals surface area contributed by atoms with Gasteiger partial charge in [-0.3, -0.25) is 0 Å². The molecule has 150 valence electrons. The van der Waals surface area contributed by atoms with Gasteiger partial charge in [0.1, 0.15) is 5.75 Å². The van der Waals surface area contributed by atoms with Gasteiger partial charge >= 0.3 is 6.09 Å². The molecule has 7 nitrogen and oxygen atoms in total. The van der Waals surface area contributed by atoms with Crippen LogP contribution in [0.5, 0.6) is 17.2 Å². The van der Waals surface area contributed by atoms with Gasteiger partial charge in [0.15, 0.2) is 11.5 Å². The smallest absolute Gasteiger partial charge is 0.427 e. The molecule has 0 aliphatic carbocycles. The van der Waals surface area contributed by atoms with Crippen LogP contribution >= 0.6 is 0 Å². The van der Waals surface area contributed by atoms with Crippen molar-refractivity contribution in [1.82, 2.24) is 5.43 Å². The fourth-order valence-electron chi connectivity index (χ4n) is 2.32. The Kier molecular flexibility index (Phi) is 8.14. The maximum absolute atomic E-state index is 11.0. The third-order valence-corrected chi connectivity index (χ3v) is 4.04. The van der Waals surface area contributed by atoms with Gasteiger partial charge in [0.05, 0.1) is 33.6 Å². The maximum atomic E-state index is 11.0. The number of benzene rings is 2. The Morgan fingerprint density at radius 1 is 1.00 bits per heavy atom. The van der Waals surface area contributed by atoms with Crippen LogP contribution in [0.4, 0.5) is 4.79 Å². The Balaban J connectivity index is 1.81. The molecule has 0 bridgehead atoms. The van der Waals surface area contributed by atoms with E-state index in [4.69, 9.17) is 14.2 Å². The second-order valence-electron chi connectivity index (χ2n) is 6.07. The fourth-order valence-corrected chi connectivity index (χ4v) is 2.32. The van der Waals surface area contributed by atoms with Crippen molar-refractivity contribution in [3.8, 4) is 17.2 Å². The summed E-state index contributed by atoms with van der Waals surface area (Å²) in [4.78, 5) is 11.0. The van der Waals surface area contributed by atoms with Crippen molar-refractivity contribution in [2.45, 2.75) is 20.3 Å². The molecule has 0 fully saturated rings. The van der Waals surface area contributed by atoms with E-state index in [9.17, 15) is 4.79 Å². The third kappa shape index (κ3) is 6.50. The molecular formula is C21H26N2O5. The van der Waals surface area contributed by atoms with Gasteiger partial charge in [0, 0.05) is 6.42 Å². The molecule has 0 heterocycles. The Labute approximate surface area is 165 Å². The van der Waals surface area contributed by atoms with Gasteiger partial charge in [-0.05, 0) is 60.9 Å². The quantitative estimate of drug-likeness (QED) is 0.402. The monoisotopic (exact) mass is 386 g/mol. The minimum Gasteiger partial charge on any atom is -0.493 e. The van der Waals surface area contributed by atoms with Gasteiger partial charge in [-0.15, -0.1) is 0 Å². The van der Waals surface area contributed by atoms with E-state index >= 15 is 0 Å². The minimum absolute atomic E-state index is 0.499. The Bertz CT molecular complexity index is 820. The van der Waals surface area contributed by atoms with Crippen molar-refractivity contribution in [3.05, 3.63) is 53.1 Å². The van der Waals surface area contributed by atoms with Gasteiger partial charge in [-0.25, -0.2) is 10.2 Å². The van der Waals surface area contributed by atoms with Crippen LogP contribution in [0.2, 0.25) is 0 Å². The average Bonchev–Trinajstić information content (AvgIpc) is 2.70. The number of nitrogens with one attached hydrogen (secondary N) is 1. The lowest BCUT2D eigenvalue weighted by molar-refractivity contribution is 0.171. The maximum Gasteiger partial charge on any atom is 0.427 e. The number of hydrogen-bond donors (Lipinski definition) is 1. The molecule has 0 aliphatic heterocycles. The van der Waals surface area contributed by atoms with Crippen LogP contribution in [0, 0.1) is 13.8 Å². The van der Waals surface area contributed by atoms with E-state index in [1.165, 1.54) is 24.5 Å². The van der Waals surface area contributed by atoms with Crippen LogP contribution in [-0.2, 0) is 4.74 Å². The zero-order valence-corrected chi connectivity index (χ0v) is 16.7. The van der Waals surface area contributed by atoms with E-state index < -0.39 is 6.09 Å². The Morgan fingerprint density at radius 2 is 1.79 bits per heavy atom. The van der Waals surface area contributed by atoms with Crippen LogP contribution in [-0.4, -0.2) is 39.7 Å². The number of carbonyl (C=O) groups excluding carboxylic acids is 1. The van der Waals surface area contributed by atoms with Gasteiger partial charge < -0.3 is 18.9 Å². The normalized spacial score (nSPS) is 10.6. The highest BCUT2D eigenvalue weighted by atomic mass is 16.5.